The van der Waals surface area contributed by atoms with Gasteiger partial charge in [-0.25, -0.2) is 22.8 Å². The third-order valence-corrected chi connectivity index (χ3v) is 7.81. The Morgan fingerprint density at radius 2 is 1.89 bits per heavy atom. The van der Waals surface area contributed by atoms with Gasteiger partial charge in [-0.2, -0.15) is 4.98 Å². The van der Waals surface area contributed by atoms with E-state index in [0.717, 1.165) is 12.3 Å². The number of rotatable bonds is 6. The van der Waals surface area contributed by atoms with Gasteiger partial charge in [0.25, 0.3) is 0 Å². The first-order valence-electron chi connectivity index (χ1n) is 11.8. The molecule has 1 aromatic carbocycles. The monoisotopic (exact) mass is 517 g/mol. The highest BCUT2D eigenvalue weighted by molar-refractivity contribution is 7.90. The van der Waals surface area contributed by atoms with Crippen LogP contribution in [0.5, 0.6) is 11.6 Å². The predicted octanol–water partition coefficient (Wildman–Crippen LogP) is 3.49. The highest BCUT2D eigenvalue weighted by Crippen LogP contribution is 2.42. The van der Waals surface area contributed by atoms with E-state index in [1.807, 2.05) is 20.8 Å². The van der Waals surface area contributed by atoms with E-state index in [9.17, 15) is 12.8 Å². The van der Waals surface area contributed by atoms with Crippen LogP contribution in [0.3, 0.4) is 0 Å². The van der Waals surface area contributed by atoms with Crippen LogP contribution in [0.1, 0.15) is 43.0 Å². The number of hydrogen-bond acceptors (Lipinski definition) is 10. The molecule has 2 aliphatic rings. The van der Waals surface area contributed by atoms with Gasteiger partial charge in [-0.1, -0.05) is 19.0 Å². The van der Waals surface area contributed by atoms with Crippen LogP contribution in [0.25, 0.3) is 0 Å². The lowest BCUT2D eigenvalue weighted by molar-refractivity contribution is -0.0196. The first-order valence-corrected chi connectivity index (χ1v) is 13.7. The number of nitrogens with zero attached hydrogens (tertiary/aromatic N) is 5. The fourth-order valence-electron chi connectivity index (χ4n) is 4.88. The number of anilines is 1. The molecular formula is C24H28FN5O5S. The molecule has 4 heterocycles. The van der Waals surface area contributed by atoms with Gasteiger partial charge in [0.1, 0.15) is 12.1 Å². The van der Waals surface area contributed by atoms with Gasteiger partial charge in [0, 0.05) is 37.1 Å². The number of benzene rings is 1. The van der Waals surface area contributed by atoms with Crippen molar-refractivity contribution in [3.8, 4) is 11.6 Å². The van der Waals surface area contributed by atoms with Crippen molar-refractivity contribution >= 4 is 15.7 Å². The molecule has 0 N–H and O–H groups in total. The van der Waals surface area contributed by atoms with Crippen molar-refractivity contribution in [1.29, 1.82) is 0 Å². The van der Waals surface area contributed by atoms with Crippen molar-refractivity contribution in [2.45, 2.75) is 37.5 Å². The summed E-state index contributed by atoms with van der Waals surface area (Å²) in [5.41, 5.74) is 0.654. The zero-order valence-electron chi connectivity index (χ0n) is 20.5. The SMILES string of the molecule is Cc1c(Oc2ccc(S(C)(=O)=O)cc2F)ncnc1N1CC2COCC(C1)C2c1nc(C(C)C)no1. The van der Waals surface area contributed by atoms with Crippen LogP contribution in [0.2, 0.25) is 0 Å². The van der Waals surface area contributed by atoms with E-state index in [1.165, 1.54) is 18.5 Å². The molecule has 2 unspecified atom stereocenters. The number of fused-ring (bicyclic) bond motifs is 2. The normalized spacial score (nSPS) is 22.2. The summed E-state index contributed by atoms with van der Waals surface area (Å²) in [6.45, 7) is 8.35. The lowest BCUT2D eigenvalue weighted by Crippen LogP contribution is -2.52. The fraction of sp³-hybridized carbons (Fsp3) is 0.500. The van der Waals surface area contributed by atoms with E-state index >= 15 is 0 Å². The maximum atomic E-state index is 14.6. The molecule has 2 aliphatic heterocycles. The van der Waals surface area contributed by atoms with Gasteiger partial charge in [0.05, 0.1) is 29.6 Å². The van der Waals surface area contributed by atoms with Crippen LogP contribution in [0, 0.1) is 24.6 Å². The molecule has 2 aromatic heterocycles. The molecule has 0 saturated carbocycles. The van der Waals surface area contributed by atoms with E-state index < -0.39 is 15.7 Å². The van der Waals surface area contributed by atoms with E-state index in [0.29, 0.717) is 49.4 Å². The van der Waals surface area contributed by atoms with E-state index in [1.54, 1.807) is 0 Å². The summed E-state index contributed by atoms with van der Waals surface area (Å²) in [5, 5.41) is 4.15. The van der Waals surface area contributed by atoms with Gasteiger partial charge >= 0.3 is 0 Å². The Labute approximate surface area is 208 Å². The van der Waals surface area contributed by atoms with Crippen LogP contribution in [0.15, 0.2) is 33.9 Å². The van der Waals surface area contributed by atoms with Gasteiger partial charge in [-0.15, -0.1) is 0 Å². The minimum Gasteiger partial charge on any atom is -0.435 e. The standard InChI is InChI=1S/C24H28FN5O5S/c1-13(2)21-28-24(35-29-21)20-15-8-30(9-16(20)11-33-10-15)22-14(3)23(27-12-26-22)34-19-6-5-17(7-18(19)25)36(4,31)32/h5-7,12-13,15-16,20H,8-11H2,1-4H3. The summed E-state index contributed by atoms with van der Waals surface area (Å²) < 4.78 is 55.2. The van der Waals surface area contributed by atoms with E-state index in [-0.39, 0.29) is 40.2 Å². The Bertz CT molecular complexity index is 1360. The largest absolute Gasteiger partial charge is 0.435 e. The molecule has 0 amide bonds. The average molecular weight is 518 g/mol. The van der Waals surface area contributed by atoms with E-state index in [2.05, 4.69) is 25.0 Å². The molecule has 0 aliphatic carbocycles. The molecule has 2 bridgehead atoms. The fourth-order valence-corrected chi connectivity index (χ4v) is 5.51. The number of aromatic nitrogens is 4. The van der Waals surface area contributed by atoms with Crippen molar-refractivity contribution in [3.63, 3.8) is 0 Å². The molecule has 3 aromatic rings. The molecule has 36 heavy (non-hydrogen) atoms. The van der Waals surface area contributed by atoms with Crippen LogP contribution < -0.4 is 9.64 Å². The van der Waals surface area contributed by atoms with Crippen LogP contribution in [-0.2, 0) is 14.6 Å². The number of piperidine rings is 1. The minimum atomic E-state index is -3.53. The number of hydrogen-bond donors (Lipinski definition) is 0. The number of halogens is 1. The van der Waals surface area contributed by atoms with Crippen LogP contribution >= 0.6 is 0 Å². The average Bonchev–Trinajstić information content (AvgIpc) is 3.30. The molecule has 192 valence electrons. The molecule has 5 rings (SSSR count). The Hall–Kier alpha value is -3.12. The molecule has 0 spiro atoms. The molecule has 2 saturated heterocycles. The third-order valence-electron chi connectivity index (χ3n) is 6.70. The minimum absolute atomic E-state index is 0.107. The summed E-state index contributed by atoms with van der Waals surface area (Å²) in [6, 6.07) is 3.53. The molecular weight excluding hydrogens is 489 g/mol. The van der Waals surface area contributed by atoms with Crippen molar-refractivity contribution in [2.75, 3.05) is 37.5 Å². The first kappa shape index (κ1) is 24.6. The molecule has 0 radical (unpaired) electrons. The van der Waals surface area contributed by atoms with Crippen molar-refractivity contribution in [1.82, 2.24) is 20.1 Å². The smallest absolute Gasteiger partial charge is 0.230 e. The first-order chi connectivity index (χ1) is 17.1. The van der Waals surface area contributed by atoms with Crippen molar-refractivity contribution < 1.29 is 26.8 Å². The zero-order valence-corrected chi connectivity index (χ0v) is 21.3. The highest BCUT2D eigenvalue weighted by atomic mass is 32.2. The molecule has 2 atom stereocenters. The summed E-state index contributed by atoms with van der Waals surface area (Å²) in [4.78, 5) is 15.4. The second-order valence-electron chi connectivity index (χ2n) is 9.73. The Morgan fingerprint density at radius 3 is 2.50 bits per heavy atom. The summed E-state index contributed by atoms with van der Waals surface area (Å²) in [7, 11) is -3.53. The maximum absolute atomic E-state index is 14.6. The topological polar surface area (TPSA) is 121 Å². The summed E-state index contributed by atoms with van der Waals surface area (Å²) in [5.74, 6) is 1.93. The molecule has 10 nitrogen and oxygen atoms in total. The van der Waals surface area contributed by atoms with Crippen LogP contribution in [-0.4, -0.2) is 61.1 Å². The highest BCUT2D eigenvalue weighted by Gasteiger charge is 2.45. The van der Waals surface area contributed by atoms with Gasteiger partial charge < -0.3 is 18.9 Å². The van der Waals surface area contributed by atoms with Crippen molar-refractivity contribution in [2.24, 2.45) is 11.8 Å². The molecule has 12 heteroatoms. The lowest BCUT2D eigenvalue weighted by Gasteiger charge is -2.46. The van der Waals surface area contributed by atoms with Crippen molar-refractivity contribution in [3.05, 3.63) is 47.6 Å². The summed E-state index contributed by atoms with van der Waals surface area (Å²) in [6.07, 6.45) is 2.40. The van der Waals surface area contributed by atoms with E-state index in [4.69, 9.17) is 14.0 Å². The second-order valence-corrected chi connectivity index (χ2v) is 11.7. The Balaban J connectivity index is 1.38. The zero-order chi connectivity index (χ0) is 25.6. The Morgan fingerprint density at radius 1 is 1.17 bits per heavy atom. The van der Waals surface area contributed by atoms with Gasteiger partial charge in [-0.05, 0) is 25.1 Å². The quantitative estimate of drug-likeness (QED) is 0.480. The number of sulfone groups is 1. The van der Waals surface area contributed by atoms with Crippen LogP contribution in [0.4, 0.5) is 10.2 Å². The lowest BCUT2D eigenvalue weighted by atomic mass is 9.76. The second kappa shape index (κ2) is 9.40. The maximum Gasteiger partial charge on any atom is 0.230 e. The van der Waals surface area contributed by atoms with Gasteiger partial charge in [-0.3, -0.25) is 0 Å². The third kappa shape index (κ3) is 4.66. The van der Waals surface area contributed by atoms with Gasteiger partial charge in [0.15, 0.2) is 27.2 Å². The predicted molar refractivity (Wildman–Crippen MR) is 127 cm³/mol. The summed E-state index contributed by atoms with van der Waals surface area (Å²) >= 11 is 0. The molecule has 2 fully saturated rings. The Kier molecular flexibility index (Phi) is 6.41. The number of ether oxygens (including phenoxy) is 2. The van der Waals surface area contributed by atoms with Gasteiger partial charge in [0.2, 0.25) is 11.8 Å².